The van der Waals surface area contributed by atoms with E-state index in [0.717, 1.165) is 35.8 Å². The van der Waals surface area contributed by atoms with Gasteiger partial charge in [-0.05, 0) is 56.3 Å². The molecule has 1 fully saturated rings. The number of ether oxygens (including phenoxy) is 1. The molecule has 0 unspecified atom stereocenters. The van der Waals surface area contributed by atoms with Gasteiger partial charge in [0.25, 0.3) is 0 Å². The minimum Gasteiger partial charge on any atom is -0.487 e. The molecule has 0 radical (unpaired) electrons. The number of carbonyl (C=O) groups excluding carboxylic acids is 1. The molecule has 4 aromatic rings. The number of rotatable bonds is 8. The van der Waals surface area contributed by atoms with Crippen molar-refractivity contribution in [3.8, 4) is 17.0 Å². The molecule has 8 heteroatoms. The van der Waals surface area contributed by atoms with Crippen molar-refractivity contribution >= 4 is 11.7 Å². The molecular formula is C27H30N6O2. The first-order valence-corrected chi connectivity index (χ1v) is 11.9. The summed E-state index contributed by atoms with van der Waals surface area (Å²) in [5.41, 5.74) is 3.92. The van der Waals surface area contributed by atoms with Crippen LogP contribution < -0.4 is 15.0 Å². The lowest BCUT2D eigenvalue weighted by Gasteiger charge is -2.41. The quantitative estimate of drug-likeness (QED) is 0.407. The molecule has 0 spiro atoms. The maximum absolute atomic E-state index is 12.6. The number of aromatic nitrogens is 4. The minimum atomic E-state index is -0.163. The van der Waals surface area contributed by atoms with E-state index in [1.54, 1.807) is 18.7 Å². The Bertz CT molecular complexity index is 1260. The number of hydrogen-bond acceptors (Lipinski definition) is 5. The smallest absolute Gasteiger partial charge is 0.326 e. The number of para-hydroxylation sites is 1. The van der Waals surface area contributed by atoms with E-state index in [1.807, 2.05) is 53.2 Å². The molecule has 0 atom stereocenters. The van der Waals surface area contributed by atoms with Crippen molar-refractivity contribution in [1.82, 2.24) is 24.6 Å². The molecule has 1 N–H and O–H groups in total. The van der Waals surface area contributed by atoms with Crippen molar-refractivity contribution in [3.05, 3.63) is 85.1 Å². The average molecular weight is 471 g/mol. The third-order valence-corrected chi connectivity index (χ3v) is 6.22. The summed E-state index contributed by atoms with van der Waals surface area (Å²) in [6.45, 7) is 7.20. The van der Waals surface area contributed by atoms with E-state index in [0.29, 0.717) is 19.1 Å². The molecule has 2 aromatic carbocycles. The first-order valence-electron chi connectivity index (χ1n) is 11.9. The third-order valence-electron chi connectivity index (χ3n) is 6.22. The van der Waals surface area contributed by atoms with Crippen molar-refractivity contribution in [3.63, 3.8) is 0 Å². The number of imidazole rings is 1. The van der Waals surface area contributed by atoms with Crippen LogP contribution in [0.25, 0.3) is 11.3 Å². The molecule has 35 heavy (non-hydrogen) atoms. The lowest BCUT2D eigenvalue weighted by molar-refractivity contribution is 0.238. The lowest BCUT2D eigenvalue weighted by atomic mass is 9.99. The maximum Gasteiger partial charge on any atom is 0.326 e. The van der Waals surface area contributed by atoms with Crippen molar-refractivity contribution in [2.24, 2.45) is 5.92 Å². The fraction of sp³-hybridized carbons (Fsp3) is 0.296. The molecule has 0 saturated carbocycles. The summed E-state index contributed by atoms with van der Waals surface area (Å²) in [6.07, 6.45) is 5.10. The average Bonchev–Trinajstić information content (AvgIpc) is 3.53. The van der Waals surface area contributed by atoms with E-state index in [-0.39, 0.29) is 12.1 Å². The summed E-state index contributed by atoms with van der Waals surface area (Å²) < 4.78 is 9.38. The van der Waals surface area contributed by atoms with E-state index in [4.69, 9.17) is 4.74 Å². The minimum absolute atomic E-state index is 0.163. The predicted molar refractivity (Wildman–Crippen MR) is 136 cm³/mol. The Morgan fingerprint density at radius 3 is 2.60 bits per heavy atom. The standard InChI is InChI=1S/C27H30N6O2/c1-20(2)33-24(12-13-30-33)18-35-25-10-8-22(9-11-25)26-17-32(19-29-26)27(34)28-14-21-15-31(16-21)23-6-4-3-5-7-23/h3-13,17,19-21H,14-16,18H2,1-2H3,(H,28,34). The number of nitrogens with one attached hydrogen (secondary N) is 1. The molecule has 2 aromatic heterocycles. The Morgan fingerprint density at radius 2 is 1.86 bits per heavy atom. The first kappa shape index (κ1) is 22.7. The normalized spacial score (nSPS) is 13.6. The van der Waals surface area contributed by atoms with Crippen LogP contribution in [0.4, 0.5) is 10.5 Å². The zero-order valence-corrected chi connectivity index (χ0v) is 20.0. The van der Waals surface area contributed by atoms with Crippen LogP contribution in [0.2, 0.25) is 0 Å². The van der Waals surface area contributed by atoms with E-state index >= 15 is 0 Å². The molecule has 1 amide bonds. The molecule has 1 aliphatic rings. The monoisotopic (exact) mass is 470 g/mol. The van der Waals surface area contributed by atoms with Crippen LogP contribution in [0.5, 0.6) is 5.75 Å². The number of carbonyl (C=O) groups is 1. The molecule has 3 heterocycles. The summed E-state index contributed by atoms with van der Waals surface area (Å²) in [7, 11) is 0. The Morgan fingerprint density at radius 1 is 1.09 bits per heavy atom. The summed E-state index contributed by atoms with van der Waals surface area (Å²) in [5.74, 6) is 1.22. The summed E-state index contributed by atoms with van der Waals surface area (Å²) in [6, 6.07) is 20.2. The second-order valence-electron chi connectivity index (χ2n) is 9.13. The van der Waals surface area contributed by atoms with E-state index in [9.17, 15) is 4.79 Å². The van der Waals surface area contributed by atoms with Gasteiger partial charge in [-0.2, -0.15) is 5.10 Å². The van der Waals surface area contributed by atoms with Crippen molar-refractivity contribution in [1.29, 1.82) is 0 Å². The summed E-state index contributed by atoms with van der Waals surface area (Å²) >= 11 is 0. The Balaban J connectivity index is 1.11. The van der Waals surface area contributed by atoms with Crippen molar-refractivity contribution in [2.45, 2.75) is 26.5 Å². The molecule has 0 bridgehead atoms. The summed E-state index contributed by atoms with van der Waals surface area (Å²) in [5, 5.41) is 7.36. The highest BCUT2D eigenvalue weighted by Crippen LogP contribution is 2.24. The molecule has 5 rings (SSSR count). The number of amides is 1. The van der Waals surface area contributed by atoms with Crippen LogP contribution in [0, 0.1) is 5.92 Å². The Kier molecular flexibility index (Phi) is 6.52. The van der Waals surface area contributed by atoms with Gasteiger partial charge in [-0.3, -0.25) is 9.25 Å². The van der Waals surface area contributed by atoms with Gasteiger partial charge in [0.15, 0.2) is 0 Å². The highest BCUT2D eigenvalue weighted by molar-refractivity contribution is 5.78. The second-order valence-corrected chi connectivity index (χ2v) is 9.13. The Hall–Kier alpha value is -4.07. The van der Waals surface area contributed by atoms with Gasteiger partial charge >= 0.3 is 6.03 Å². The largest absolute Gasteiger partial charge is 0.487 e. The molecule has 8 nitrogen and oxygen atoms in total. The van der Waals surface area contributed by atoms with Gasteiger partial charge in [-0.1, -0.05) is 18.2 Å². The highest BCUT2D eigenvalue weighted by atomic mass is 16.5. The topological polar surface area (TPSA) is 77.2 Å². The van der Waals surface area contributed by atoms with Gasteiger partial charge in [0.05, 0.1) is 11.4 Å². The SMILES string of the molecule is CC(C)n1nccc1COc1ccc(-c2cn(C(=O)NCC3CN(c4ccccc4)C3)cn2)cc1. The van der Waals surface area contributed by atoms with Gasteiger partial charge < -0.3 is 15.0 Å². The van der Waals surface area contributed by atoms with E-state index in [2.05, 4.69) is 46.3 Å². The molecule has 180 valence electrons. The van der Waals surface area contributed by atoms with Crippen molar-refractivity contribution < 1.29 is 9.53 Å². The fourth-order valence-electron chi connectivity index (χ4n) is 4.25. The number of nitrogens with zero attached hydrogens (tertiary/aromatic N) is 5. The third kappa shape index (κ3) is 5.21. The predicted octanol–water partition coefficient (Wildman–Crippen LogP) is 4.60. The van der Waals surface area contributed by atoms with Gasteiger partial charge in [0.1, 0.15) is 18.7 Å². The van der Waals surface area contributed by atoms with Gasteiger partial charge in [-0.15, -0.1) is 0 Å². The van der Waals surface area contributed by atoms with E-state index in [1.165, 1.54) is 10.3 Å². The second kappa shape index (κ2) is 10.0. The molecular weight excluding hydrogens is 440 g/mol. The van der Waals surface area contributed by atoms with Gasteiger partial charge in [0, 0.05) is 55.2 Å². The van der Waals surface area contributed by atoms with E-state index < -0.39 is 0 Å². The maximum atomic E-state index is 12.6. The zero-order valence-electron chi connectivity index (χ0n) is 20.0. The molecule has 0 aliphatic carbocycles. The van der Waals surface area contributed by atoms with Gasteiger partial charge in [-0.25, -0.2) is 9.78 Å². The van der Waals surface area contributed by atoms with Crippen LogP contribution in [0.3, 0.4) is 0 Å². The van der Waals surface area contributed by atoms with Gasteiger partial charge in [0.2, 0.25) is 0 Å². The van der Waals surface area contributed by atoms with Crippen LogP contribution >= 0.6 is 0 Å². The molecule has 1 saturated heterocycles. The fourth-order valence-corrected chi connectivity index (χ4v) is 4.25. The van der Waals surface area contributed by atoms with Crippen LogP contribution in [0.1, 0.15) is 25.6 Å². The van der Waals surface area contributed by atoms with Crippen LogP contribution in [-0.4, -0.2) is 45.0 Å². The molecule has 1 aliphatic heterocycles. The van der Waals surface area contributed by atoms with Crippen LogP contribution in [0.15, 0.2) is 79.4 Å². The lowest BCUT2D eigenvalue weighted by Crippen LogP contribution is -2.51. The highest BCUT2D eigenvalue weighted by Gasteiger charge is 2.27. The number of hydrogen-bond donors (Lipinski definition) is 1. The number of benzene rings is 2. The Labute approximate surface area is 205 Å². The zero-order chi connectivity index (χ0) is 24.2. The summed E-state index contributed by atoms with van der Waals surface area (Å²) in [4.78, 5) is 19.3. The first-order chi connectivity index (χ1) is 17.1. The van der Waals surface area contributed by atoms with Crippen molar-refractivity contribution in [2.75, 3.05) is 24.5 Å². The number of anilines is 1. The van der Waals surface area contributed by atoms with Crippen LogP contribution in [-0.2, 0) is 6.61 Å².